The largest absolute Gasteiger partial charge is 0.493 e. The number of alkyl halides is 1. The van der Waals surface area contributed by atoms with Gasteiger partial charge in [0.05, 0.1) is 38.1 Å². The Balaban J connectivity index is 1.58. The first-order valence-electron chi connectivity index (χ1n) is 11.1. The Kier molecular flexibility index (Phi) is 6.12. The molecule has 10 nitrogen and oxygen atoms in total. The van der Waals surface area contributed by atoms with Crippen molar-refractivity contribution in [2.24, 2.45) is 0 Å². The van der Waals surface area contributed by atoms with Crippen molar-refractivity contribution in [1.29, 1.82) is 5.26 Å². The highest BCUT2D eigenvalue weighted by atomic mass is 19.1. The minimum absolute atomic E-state index is 0.00326. The predicted molar refractivity (Wildman–Crippen MR) is 120 cm³/mol. The fraction of sp³-hybridized carbons (Fsp3) is 0.455. The number of anilines is 2. The molecular weight excluding hydrogens is 446 g/mol. The number of nitrogens with zero attached hydrogens (tertiary/aromatic N) is 6. The average Bonchev–Trinajstić information content (AvgIpc) is 3.28. The molecule has 178 valence electrons. The molecule has 34 heavy (non-hydrogen) atoms. The number of imidazole rings is 1. The van der Waals surface area contributed by atoms with E-state index in [1.807, 2.05) is 11.0 Å². The number of fused-ring (bicyclic) bond motifs is 1. The van der Waals surface area contributed by atoms with Gasteiger partial charge in [0, 0.05) is 25.7 Å². The molecule has 3 aromatic rings. The molecule has 0 spiro atoms. The summed E-state index contributed by atoms with van der Waals surface area (Å²) in [6.45, 7) is 3.35. The fourth-order valence-corrected chi connectivity index (χ4v) is 4.20. The van der Waals surface area contributed by atoms with Crippen molar-refractivity contribution in [2.45, 2.75) is 18.6 Å². The van der Waals surface area contributed by atoms with Crippen LogP contribution in [0.2, 0.25) is 0 Å². The second-order valence-corrected chi connectivity index (χ2v) is 8.14. The Bertz CT molecular complexity index is 1240. The first kappa shape index (κ1) is 22.2. The predicted octanol–water partition coefficient (Wildman–Crippen LogP) is 1.76. The van der Waals surface area contributed by atoms with Crippen molar-refractivity contribution in [3.8, 4) is 23.2 Å². The number of halogens is 2. The molecule has 0 aliphatic carbocycles. The van der Waals surface area contributed by atoms with E-state index in [0.29, 0.717) is 68.7 Å². The van der Waals surface area contributed by atoms with Crippen LogP contribution < -0.4 is 20.3 Å². The van der Waals surface area contributed by atoms with E-state index in [4.69, 9.17) is 9.47 Å². The molecule has 2 saturated heterocycles. The van der Waals surface area contributed by atoms with Gasteiger partial charge in [0.2, 0.25) is 0 Å². The van der Waals surface area contributed by atoms with Crippen LogP contribution in [0.5, 0.6) is 5.75 Å². The summed E-state index contributed by atoms with van der Waals surface area (Å²) in [5.74, 6) is 0.541. The SMILES string of the molecule is COc1cc2ncc(-c3nc(N[C@@H]4CNCC[C@H]4F)c(C#N)cc3F)n2nc1N1CCOCC1. The summed E-state index contributed by atoms with van der Waals surface area (Å²) >= 11 is 0. The number of rotatable bonds is 5. The van der Waals surface area contributed by atoms with Gasteiger partial charge in [0.25, 0.3) is 0 Å². The summed E-state index contributed by atoms with van der Waals surface area (Å²) in [5, 5.41) is 20.3. The quantitative estimate of drug-likeness (QED) is 0.576. The zero-order valence-electron chi connectivity index (χ0n) is 18.6. The number of morpholine rings is 1. The Morgan fingerprint density at radius 2 is 2.15 bits per heavy atom. The van der Waals surface area contributed by atoms with Crippen LogP contribution in [0.25, 0.3) is 17.0 Å². The molecule has 2 fully saturated rings. The van der Waals surface area contributed by atoms with Crippen LogP contribution in [-0.4, -0.2) is 78.3 Å². The van der Waals surface area contributed by atoms with Crippen LogP contribution in [0.1, 0.15) is 12.0 Å². The van der Waals surface area contributed by atoms with Crippen molar-refractivity contribution < 1.29 is 18.3 Å². The highest BCUT2D eigenvalue weighted by molar-refractivity contribution is 5.68. The smallest absolute Gasteiger partial charge is 0.192 e. The molecule has 0 radical (unpaired) electrons. The Hall–Kier alpha value is -3.56. The lowest BCUT2D eigenvalue weighted by molar-refractivity contribution is 0.122. The standard InChI is InChI=1S/C22H24F2N8O2/c1-33-18-9-19-27-12-17(32(19)30-22(18)31-4-6-34-7-5-31)20-15(24)8-13(10-25)21(29-20)28-16-11-26-3-2-14(16)23/h8-9,12,14,16,26H,2-7,11H2,1H3,(H,28,29)/t14-,16-/m1/s1. The van der Waals surface area contributed by atoms with Crippen molar-refractivity contribution in [2.75, 3.05) is 56.7 Å². The van der Waals surface area contributed by atoms with Gasteiger partial charge in [-0.2, -0.15) is 5.26 Å². The lowest BCUT2D eigenvalue weighted by Gasteiger charge is -2.29. The molecule has 0 amide bonds. The maximum atomic E-state index is 15.1. The maximum absolute atomic E-state index is 15.1. The number of piperidine rings is 1. The third kappa shape index (κ3) is 4.08. The summed E-state index contributed by atoms with van der Waals surface area (Å²) in [6.07, 6.45) is 0.701. The number of pyridine rings is 1. The van der Waals surface area contributed by atoms with Crippen LogP contribution in [0, 0.1) is 17.1 Å². The van der Waals surface area contributed by atoms with Crippen molar-refractivity contribution in [3.05, 3.63) is 29.7 Å². The summed E-state index contributed by atoms with van der Waals surface area (Å²) in [5.41, 5.74) is 0.704. The van der Waals surface area contributed by atoms with E-state index >= 15 is 4.39 Å². The van der Waals surface area contributed by atoms with Gasteiger partial charge < -0.3 is 25.0 Å². The van der Waals surface area contributed by atoms with Crippen LogP contribution in [0.3, 0.4) is 0 Å². The van der Waals surface area contributed by atoms with E-state index in [1.54, 1.807) is 13.2 Å². The van der Waals surface area contributed by atoms with E-state index in [1.165, 1.54) is 10.7 Å². The fourth-order valence-electron chi connectivity index (χ4n) is 4.20. The normalized spacial score (nSPS) is 20.8. The molecule has 2 N–H and O–H groups in total. The molecule has 5 heterocycles. The number of hydrogen-bond donors (Lipinski definition) is 2. The zero-order valence-corrected chi connectivity index (χ0v) is 18.6. The molecule has 0 saturated carbocycles. The summed E-state index contributed by atoms with van der Waals surface area (Å²) < 4.78 is 41.9. The number of ether oxygens (including phenoxy) is 2. The summed E-state index contributed by atoms with van der Waals surface area (Å²) in [7, 11) is 1.55. The molecule has 2 aliphatic heterocycles. The molecule has 0 bridgehead atoms. The second-order valence-electron chi connectivity index (χ2n) is 8.14. The van der Waals surface area contributed by atoms with Gasteiger partial charge >= 0.3 is 0 Å². The van der Waals surface area contributed by atoms with Gasteiger partial charge in [-0.1, -0.05) is 0 Å². The van der Waals surface area contributed by atoms with E-state index in [2.05, 4.69) is 25.7 Å². The maximum Gasteiger partial charge on any atom is 0.192 e. The Labute approximate surface area is 194 Å². The van der Waals surface area contributed by atoms with Crippen molar-refractivity contribution in [1.82, 2.24) is 24.9 Å². The molecule has 0 aromatic carbocycles. The first-order chi connectivity index (χ1) is 16.6. The van der Waals surface area contributed by atoms with Gasteiger partial charge in [-0.15, -0.1) is 5.10 Å². The molecule has 2 atom stereocenters. The van der Waals surface area contributed by atoms with Gasteiger partial charge in [-0.05, 0) is 19.0 Å². The van der Waals surface area contributed by atoms with Crippen LogP contribution in [0.15, 0.2) is 18.3 Å². The highest BCUT2D eigenvalue weighted by Crippen LogP contribution is 2.31. The molecule has 0 unspecified atom stereocenters. The minimum atomic E-state index is -1.11. The van der Waals surface area contributed by atoms with E-state index in [0.717, 1.165) is 6.07 Å². The molecule has 12 heteroatoms. The number of aromatic nitrogens is 4. The minimum Gasteiger partial charge on any atom is -0.493 e. The second kappa shape index (κ2) is 9.36. The van der Waals surface area contributed by atoms with Gasteiger partial charge in [0.1, 0.15) is 29.4 Å². The lowest BCUT2D eigenvalue weighted by Crippen LogP contribution is -2.46. The van der Waals surface area contributed by atoms with Crippen LogP contribution >= 0.6 is 0 Å². The van der Waals surface area contributed by atoms with Gasteiger partial charge in [0.15, 0.2) is 23.0 Å². The van der Waals surface area contributed by atoms with Crippen molar-refractivity contribution in [3.63, 3.8) is 0 Å². The zero-order chi connectivity index (χ0) is 23.7. The molecule has 3 aromatic heterocycles. The lowest BCUT2D eigenvalue weighted by atomic mass is 10.1. The van der Waals surface area contributed by atoms with Crippen LogP contribution in [-0.2, 0) is 4.74 Å². The Morgan fingerprint density at radius 3 is 2.88 bits per heavy atom. The number of nitriles is 1. The molecular formula is C22H24F2N8O2. The molecule has 2 aliphatic rings. The topological polar surface area (TPSA) is 113 Å². The van der Waals surface area contributed by atoms with Gasteiger partial charge in [-0.3, -0.25) is 0 Å². The monoisotopic (exact) mass is 470 g/mol. The van der Waals surface area contributed by atoms with Gasteiger partial charge in [-0.25, -0.2) is 23.3 Å². The third-order valence-corrected chi connectivity index (χ3v) is 6.03. The number of hydrogen-bond acceptors (Lipinski definition) is 9. The highest BCUT2D eigenvalue weighted by Gasteiger charge is 2.27. The Morgan fingerprint density at radius 1 is 1.32 bits per heavy atom. The van der Waals surface area contributed by atoms with E-state index in [-0.39, 0.29) is 17.1 Å². The average molecular weight is 470 g/mol. The third-order valence-electron chi connectivity index (χ3n) is 6.03. The summed E-state index contributed by atoms with van der Waals surface area (Å²) in [4.78, 5) is 10.8. The first-order valence-corrected chi connectivity index (χ1v) is 11.1. The van der Waals surface area contributed by atoms with E-state index < -0.39 is 18.0 Å². The number of methoxy groups -OCH3 is 1. The summed E-state index contributed by atoms with van der Waals surface area (Å²) in [6, 6.07) is 4.18. The molecule has 5 rings (SSSR count). The number of nitrogens with one attached hydrogen (secondary N) is 2. The van der Waals surface area contributed by atoms with Crippen molar-refractivity contribution >= 4 is 17.3 Å². The van der Waals surface area contributed by atoms with Crippen LogP contribution in [0.4, 0.5) is 20.4 Å². The van der Waals surface area contributed by atoms with E-state index in [9.17, 15) is 9.65 Å².